The molecule has 0 unspecified atom stereocenters. The van der Waals surface area contributed by atoms with Crippen LogP contribution in [0, 0.1) is 0 Å². The molecule has 0 rings (SSSR count). The first-order valence-corrected chi connectivity index (χ1v) is 3.57. The maximum absolute atomic E-state index is 4.98. The molecule has 0 aliphatic rings. The van der Waals surface area contributed by atoms with Gasteiger partial charge in [0.15, 0.2) is 0 Å². The van der Waals surface area contributed by atoms with Crippen LogP contribution in [-0.2, 0) is 4.74 Å². The van der Waals surface area contributed by atoms with Gasteiger partial charge < -0.3 is 10.1 Å². The minimum atomic E-state index is 0.542. The highest BCUT2D eigenvalue weighted by Gasteiger charge is 2.00. The van der Waals surface area contributed by atoms with Crippen LogP contribution in [0.2, 0.25) is 0 Å². The van der Waals surface area contributed by atoms with E-state index in [0.29, 0.717) is 6.04 Å². The molecule has 0 saturated heterocycles. The Labute approximate surface area is 57.6 Å². The molecule has 0 aromatic heterocycles. The first-order chi connectivity index (χ1) is 4.35. The minimum absolute atomic E-state index is 0.542. The second kappa shape index (κ2) is 6.05. The molecule has 56 valence electrons. The van der Waals surface area contributed by atoms with E-state index in [-0.39, 0.29) is 0 Å². The first kappa shape index (κ1) is 8.92. The van der Waals surface area contributed by atoms with E-state index in [1.807, 2.05) is 0 Å². The van der Waals surface area contributed by atoms with Crippen LogP contribution in [0.15, 0.2) is 0 Å². The highest BCUT2D eigenvalue weighted by Crippen LogP contribution is 1.89. The van der Waals surface area contributed by atoms with Gasteiger partial charge in [0.25, 0.3) is 0 Å². The Hall–Kier alpha value is -0.0800. The van der Waals surface area contributed by atoms with E-state index in [0.717, 1.165) is 19.6 Å². The van der Waals surface area contributed by atoms with Crippen molar-refractivity contribution in [1.29, 1.82) is 0 Å². The summed E-state index contributed by atoms with van der Waals surface area (Å²) in [7, 11) is 1.74. The molecule has 0 amide bonds. The van der Waals surface area contributed by atoms with Gasteiger partial charge in [-0.05, 0) is 13.0 Å². The van der Waals surface area contributed by atoms with Crippen LogP contribution in [0.5, 0.6) is 0 Å². The summed E-state index contributed by atoms with van der Waals surface area (Å²) >= 11 is 0. The van der Waals surface area contributed by atoms with E-state index in [1.54, 1.807) is 7.11 Å². The number of nitrogens with one attached hydrogen (secondary N) is 1. The number of hydrogen-bond acceptors (Lipinski definition) is 2. The topological polar surface area (TPSA) is 21.3 Å². The van der Waals surface area contributed by atoms with E-state index >= 15 is 0 Å². The average molecular weight is 131 g/mol. The lowest BCUT2D eigenvalue weighted by Crippen LogP contribution is -2.32. The lowest BCUT2D eigenvalue weighted by atomic mass is 10.2. The highest BCUT2D eigenvalue weighted by molar-refractivity contribution is 4.60. The van der Waals surface area contributed by atoms with Gasteiger partial charge in [0, 0.05) is 13.2 Å². The van der Waals surface area contributed by atoms with Gasteiger partial charge in [-0.15, -0.1) is 0 Å². The standard InChI is InChI=1S/C7H17NO/c1-4-7(6-9-3)8-5-2/h7-8H,4-6H2,1-3H3/t7-/m0/s1. The summed E-state index contributed by atoms with van der Waals surface area (Å²) in [6.07, 6.45) is 1.14. The minimum Gasteiger partial charge on any atom is -0.383 e. The molecule has 0 aliphatic carbocycles. The summed E-state index contributed by atoms with van der Waals surface area (Å²) in [6.45, 7) is 6.12. The lowest BCUT2D eigenvalue weighted by molar-refractivity contribution is 0.165. The number of ether oxygens (including phenoxy) is 1. The number of likely N-dealkylation sites (N-methyl/N-ethyl adjacent to an activating group) is 1. The smallest absolute Gasteiger partial charge is 0.0615 e. The van der Waals surface area contributed by atoms with E-state index in [2.05, 4.69) is 19.2 Å². The summed E-state index contributed by atoms with van der Waals surface area (Å²) in [5, 5.41) is 3.31. The number of hydrogen-bond donors (Lipinski definition) is 1. The molecule has 0 aromatic carbocycles. The van der Waals surface area contributed by atoms with Crippen molar-refractivity contribution >= 4 is 0 Å². The molecule has 0 bridgehead atoms. The Kier molecular flexibility index (Phi) is 5.99. The second-order valence-electron chi connectivity index (χ2n) is 2.12. The van der Waals surface area contributed by atoms with Crippen molar-refractivity contribution in [2.45, 2.75) is 26.3 Å². The van der Waals surface area contributed by atoms with Crippen molar-refractivity contribution in [2.75, 3.05) is 20.3 Å². The van der Waals surface area contributed by atoms with Crippen molar-refractivity contribution in [3.63, 3.8) is 0 Å². The molecule has 1 atom stereocenters. The molecule has 9 heavy (non-hydrogen) atoms. The van der Waals surface area contributed by atoms with Gasteiger partial charge >= 0.3 is 0 Å². The molecular weight excluding hydrogens is 114 g/mol. The predicted molar refractivity (Wildman–Crippen MR) is 39.6 cm³/mol. The fourth-order valence-corrected chi connectivity index (χ4v) is 0.811. The molecule has 2 nitrogen and oxygen atoms in total. The third-order valence-electron chi connectivity index (χ3n) is 1.35. The molecular formula is C7H17NO. The van der Waals surface area contributed by atoms with Gasteiger partial charge in [0.05, 0.1) is 6.61 Å². The molecule has 0 fully saturated rings. The Bertz CT molecular complexity index is 50.9. The van der Waals surface area contributed by atoms with Gasteiger partial charge in [0.2, 0.25) is 0 Å². The largest absolute Gasteiger partial charge is 0.383 e. The van der Waals surface area contributed by atoms with Gasteiger partial charge in [0.1, 0.15) is 0 Å². The Morgan fingerprint density at radius 2 is 2.11 bits per heavy atom. The highest BCUT2D eigenvalue weighted by atomic mass is 16.5. The molecule has 0 aromatic rings. The van der Waals surface area contributed by atoms with Crippen molar-refractivity contribution in [3.8, 4) is 0 Å². The summed E-state index contributed by atoms with van der Waals surface area (Å²) < 4.78 is 4.98. The Morgan fingerprint density at radius 1 is 1.44 bits per heavy atom. The van der Waals surface area contributed by atoms with Crippen molar-refractivity contribution in [1.82, 2.24) is 5.32 Å². The van der Waals surface area contributed by atoms with E-state index in [4.69, 9.17) is 4.74 Å². The monoisotopic (exact) mass is 131 g/mol. The lowest BCUT2D eigenvalue weighted by Gasteiger charge is -2.13. The molecule has 0 saturated carbocycles. The average Bonchev–Trinajstić information content (AvgIpc) is 1.88. The van der Waals surface area contributed by atoms with Gasteiger partial charge in [-0.2, -0.15) is 0 Å². The Balaban J connectivity index is 3.18. The van der Waals surface area contributed by atoms with Gasteiger partial charge in [-0.1, -0.05) is 13.8 Å². The van der Waals surface area contributed by atoms with Crippen molar-refractivity contribution in [3.05, 3.63) is 0 Å². The van der Waals surface area contributed by atoms with Crippen LogP contribution < -0.4 is 5.32 Å². The first-order valence-electron chi connectivity index (χ1n) is 3.57. The van der Waals surface area contributed by atoms with E-state index < -0.39 is 0 Å². The third kappa shape index (κ3) is 4.43. The second-order valence-corrected chi connectivity index (χ2v) is 2.12. The van der Waals surface area contributed by atoms with E-state index in [1.165, 1.54) is 0 Å². The van der Waals surface area contributed by atoms with Gasteiger partial charge in [-0.25, -0.2) is 0 Å². The molecule has 0 heterocycles. The maximum atomic E-state index is 4.98. The molecule has 1 N–H and O–H groups in total. The fourth-order valence-electron chi connectivity index (χ4n) is 0.811. The molecule has 0 radical (unpaired) electrons. The molecule has 0 aliphatic heterocycles. The van der Waals surface area contributed by atoms with Crippen LogP contribution in [0.3, 0.4) is 0 Å². The van der Waals surface area contributed by atoms with Crippen molar-refractivity contribution in [2.24, 2.45) is 0 Å². The zero-order valence-electron chi connectivity index (χ0n) is 6.61. The van der Waals surface area contributed by atoms with Crippen LogP contribution in [0.1, 0.15) is 20.3 Å². The van der Waals surface area contributed by atoms with Crippen LogP contribution in [0.25, 0.3) is 0 Å². The predicted octanol–water partition coefficient (Wildman–Crippen LogP) is 1.02. The van der Waals surface area contributed by atoms with Crippen LogP contribution >= 0.6 is 0 Å². The molecule has 2 heteroatoms. The van der Waals surface area contributed by atoms with Crippen LogP contribution in [0.4, 0.5) is 0 Å². The zero-order valence-corrected chi connectivity index (χ0v) is 6.61. The third-order valence-corrected chi connectivity index (χ3v) is 1.35. The van der Waals surface area contributed by atoms with E-state index in [9.17, 15) is 0 Å². The summed E-state index contributed by atoms with van der Waals surface area (Å²) in [6, 6.07) is 0.542. The zero-order chi connectivity index (χ0) is 7.11. The summed E-state index contributed by atoms with van der Waals surface area (Å²) in [4.78, 5) is 0. The number of rotatable bonds is 5. The quantitative estimate of drug-likeness (QED) is 0.601. The SMILES string of the molecule is CCN[C@@H](CC)COC. The summed E-state index contributed by atoms with van der Waals surface area (Å²) in [5.74, 6) is 0. The Morgan fingerprint density at radius 3 is 2.44 bits per heavy atom. The normalized spacial score (nSPS) is 13.7. The fraction of sp³-hybridized carbons (Fsp3) is 1.00. The van der Waals surface area contributed by atoms with Gasteiger partial charge in [-0.3, -0.25) is 0 Å². The van der Waals surface area contributed by atoms with Crippen LogP contribution in [-0.4, -0.2) is 26.3 Å². The number of methoxy groups -OCH3 is 1. The summed E-state index contributed by atoms with van der Waals surface area (Å²) in [5.41, 5.74) is 0. The molecule has 0 spiro atoms. The maximum Gasteiger partial charge on any atom is 0.0615 e. The van der Waals surface area contributed by atoms with Crippen molar-refractivity contribution < 1.29 is 4.74 Å².